The highest BCUT2D eigenvalue weighted by Crippen LogP contribution is 2.18. The molecule has 0 saturated carbocycles. The van der Waals surface area contributed by atoms with Crippen LogP contribution in [-0.2, 0) is 17.1 Å². The van der Waals surface area contributed by atoms with E-state index in [1.165, 1.54) is 23.1 Å². The molecule has 0 aliphatic heterocycles. The van der Waals surface area contributed by atoms with E-state index < -0.39 is 10.0 Å². The normalized spacial score (nSPS) is 11.4. The van der Waals surface area contributed by atoms with E-state index in [2.05, 4.69) is 19.8 Å². The van der Waals surface area contributed by atoms with Crippen molar-refractivity contribution in [2.24, 2.45) is 7.05 Å². The molecule has 18 heavy (non-hydrogen) atoms. The van der Waals surface area contributed by atoms with Crippen LogP contribution in [0.15, 0.2) is 23.4 Å². The summed E-state index contributed by atoms with van der Waals surface area (Å²) in [6.45, 7) is 0. The maximum absolute atomic E-state index is 12.0. The Balaban J connectivity index is 2.36. The lowest BCUT2D eigenvalue weighted by molar-refractivity contribution is 0.601. The van der Waals surface area contributed by atoms with Gasteiger partial charge in [-0.25, -0.2) is 23.1 Å². The Labute approximate surface area is 108 Å². The van der Waals surface area contributed by atoms with E-state index in [0.29, 0.717) is 0 Å². The van der Waals surface area contributed by atoms with Crippen LogP contribution in [0, 0.1) is 0 Å². The number of nitrogens with zero attached hydrogens (tertiary/aromatic N) is 4. The van der Waals surface area contributed by atoms with Gasteiger partial charge in [-0.3, -0.25) is 4.68 Å². The summed E-state index contributed by atoms with van der Waals surface area (Å²) in [5.41, 5.74) is 5.49. The summed E-state index contributed by atoms with van der Waals surface area (Å²) in [4.78, 5) is 7.30. The molecule has 2 rings (SSSR count). The van der Waals surface area contributed by atoms with Gasteiger partial charge in [-0.1, -0.05) is 11.6 Å². The topological polar surface area (TPSA) is 116 Å². The first-order valence-corrected chi connectivity index (χ1v) is 6.55. The second-order valence-corrected chi connectivity index (χ2v) is 5.40. The average molecular weight is 289 g/mol. The number of halogens is 1. The van der Waals surface area contributed by atoms with Crippen molar-refractivity contribution in [1.82, 2.24) is 19.7 Å². The Kier molecular flexibility index (Phi) is 3.09. The maximum atomic E-state index is 12.0. The lowest BCUT2D eigenvalue weighted by atomic mass is 10.7. The summed E-state index contributed by atoms with van der Waals surface area (Å²) < 4.78 is 27.4. The van der Waals surface area contributed by atoms with E-state index in [4.69, 9.17) is 17.3 Å². The molecule has 0 fully saturated rings. The minimum atomic E-state index is -3.88. The van der Waals surface area contributed by atoms with E-state index in [9.17, 15) is 8.42 Å². The first-order chi connectivity index (χ1) is 8.38. The molecule has 0 amide bonds. The zero-order valence-electron chi connectivity index (χ0n) is 9.20. The van der Waals surface area contributed by atoms with Crippen LogP contribution in [0.4, 0.5) is 11.8 Å². The van der Waals surface area contributed by atoms with Crippen LogP contribution in [0.3, 0.4) is 0 Å². The number of nitrogen functional groups attached to an aromatic ring is 1. The van der Waals surface area contributed by atoms with Gasteiger partial charge in [0.25, 0.3) is 10.0 Å². The van der Waals surface area contributed by atoms with Gasteiger partial charge in [-0.2, -0.15) is 5.10 Å². The number of hydrogen-bond acceptors (Lipinski definition) is 6. The summed E-state index contributed by atoms with van der Waals surface area (Å²) >= 11 is 5.63. The summed E-state index contributed by atoms with van der Waals surface area (Å²) in [5, 5.41) is 3.87. The number of aryl methyl sites for hydroxylation is 1. The molecule has 8 nitrogen and oxygen atoms in total. The van der Waals surface area contributed by atoms with E-state index >= 15 is 0 Å². The quantitative estimate of drug-likeness (QED) is 0.782. The third-order valence-corrected chi connectivity index (χ3v) is 3.51. The minimum Gasteiger partial charge on any atom is -0.381 e. The van der Waals surface area contributed by atoms with Crippen LogP contribution in [-0.4, -0.2) is 28.2 Å². The second kappa shape index (κ2) is 4.42. The van der Waals surface area contributed by atoms with Crippen LogP contribution in [0.1, 0.15) is 0 Å². The Morgan fingerprint density at radius 2 is 2.22 bits per heavy atom. The lowest BCUT2D eigenvalue weighted by Gasteiger charge is -2.04. The highest BCUT2D eigenvalue weighted by molar-refractivity contribution is 7.92. The molecule has 0 radical (unpaired) electrons. The third-order valence-electron chi connectivity index (χ3n) is 1.96. The minimum absolute atomic E-state index is 0.105. The summed E-state index contributed by atoms with van der Waals surface area (Å²) in [7, 11) is -2.32. The number of sulfonamides is 1. The molecule has 0 spiro atoms. The van der Waals surface area contributed by atoms with Gasteiger partial charge < -0.3 is 5.73 Å². The zero-order chi connectivity index (χ0) is 13.3. The van der Waals surface area contributed by atoms with E-state index in [-0.39, 0.29) is 21.8 Å². The fraction of sp³-hybridized carbons (Fsp3) is 0.125. The van der Waals surface area contributed by atoms with Gasteiger partial charge in [-0.15, -0.1) is 0 Å². The van der Waals surface area contributed by atoms with Gasteiger partial charge in [0.15, 0.2) is 5.82 Å². The number of anilines is 2. The number of nitrogens with two attached hydrogens (primary N) is 1. The molecule has 3 N–H and O–H groups in total. The summed E-state index contributed by atoms with van der Waals surface area (Å²) in [5.74, 6) is -0.238. The number of hydrogen-bond donors (Lipinski definition) is 2. The molecule has 0 saturated heterocycles. The van der Waals surface area contributed by atoms with Crippen molar-refractivity contribution in [3.63, 3.8) is 0 Å². The van der Waals surface area contributed by atoms with E-state index in [0.717, 1.165) is 0 Å². The van der Waals surface area contributed by atoms with E-state index in [1.54, 1.807) is 7.05 Å². The molecular formula is C8H9ClN6O2S. The van der Waals surface area contributed by atoms with Crippen LogP contribution in [0.5, 0.6) is 0 Å². The molecule has 2 heterocycles. The Morgan fingerprint density at radius 3 is 2.78 bits per heavy atom. The van der Waals surface area contributed by atoms with Crippen LogP contribution < -0.4 is 10.5 Å². The van der Waals surface area contributed by atoms with E-state index in [1.807, 2.05) is 0 Å². The predicted molar refractivity (Wildman–Crippen MR) is 65.5 cm³/mol. The standard InChI is InChI=1S/C8H9ClN6O2S/c1-15-4-5(7(10)13-15)18(16,17)14-8-11-3-2-6(9)12-8/h2-4H,1H3,(H2,10,13)(H,11,12,14). The van der Waals surface area contributed by atoms with Crippen molar-refractivity contribution >= 4 is 33.4 Å². The smallest absolute Gasteiger partial charge is 0.269 e. The lowest BCUT2D eigenvalue weighted by Crippen LogP contribution is -2.15. The highest BCUT2D eigenvalue weighted by Gasteiger charge is 2.21. The molecule has 96 valence electrons. The highest BCUT2D eigenvalue weighted by atomic mass is 35.5. The van der Waals surface area contributed by atoms with Crippen LogP contribution >= 0.6 is 11.6 Å². The van der Waals surface area contributed by atoms with Gasteiger partial charge in [0.1, 0.15) is 10.0 Å². The number of rotatable bonds is 3. The van der Waals surface area contributed by atoms with Gasteiger partial charge in [-0.05, 0) is 6.07 Å². The monoisotopic (exact) mass is 288 g/mol. The predicted octanol–water partition coefficient (Wildman–Crippen LogP) is 0.246. The summed E-state index contributed by atoms with van der Waals surface area (Å²) in [6, 6.07) is 1.43. The Morgan fingerprint density at radius 1 is 1.50 bits per heavy atom. The molecular weight excluding hydrogens is 280 g/mol. The summed E-state index contributed by atoms with van der Waals surface area (Å²) in [6.07, 6.45) is 2.61. The Bertz CT molecular complexity index is 683. The molecule has 2 aromatic rings. The van der Waals surface area contributed by atoms with Gasteiger partial charge in [0.2, 0.25) is 5.95 Å². The number of aromatic nitrogens is 4. The molecule has 10 heteroatoms. The molecule has 0 atom stereocenters. The zero-order valence-corrected chi connectivity index (χ0v) is 10.8. The first-order valence-electron chi connectivity index (χ1n) is 4.69. The largest absolute Gasteiger partial charge is 0.381 e. The number of nitrogens with one attached hydrogen (secondary N) is 1. The molecule has 0 bridgehead atoms. The maximum Gasteiger partial charge on any atom is 0.269 e. The molecule has 0 aliphatic rings. The van der Waals surface area contributed by atoms with Gasteiger partial charge >= 0.3 is 0 Å². The van der Waals surface area contributed by atoms with Crippen molar-refractivity contribution < 1.29 is 8.42 Å². The van der Waals surface area contributed by atoms with Crippen molar-refractivity contribution in [3.05, 3.63) is 23.6 Å². The molecule has 0 aliphatic carbocycles. The molecule has 2 aromatic heterocycles. The van der Waals surface area contributed by atoms with Crippen molar-refractivity contribution in [2.75, 3.05) is 10.5 Å². The average Bonchev–Trinajstić information content (AvgIpc) is 2.58. The van der Waals surface area contributed by atoms with Crippen molar-refractivity contribution in [3.8, 4) is 0 Å². The SMILES string of the molecule is Cn1cc(S(=O)(=O)Nc2nccc(Cl)n2)c(N)n1. The molecule has 0 unspecified atom stereocenters. The van der Waals surface area contributed by atoms with Crippen molar-refractivity contribution in [1.29, 1.82) is 0 Å². The van der Waals surface area contributed by atoms with Crippen LogP contribution in [0.25, 0.3) is 0 Å². The van der Waals surface area contributed by atoms with Gasteiger partial charge in [0, 0.05) is 19.4 Å². The Hall–Kier alpha value is -1.87. The van der Waals surface area contributed by atoms with Gasteiger partial charge in [0.05, 0.1) is 0 Å². The molecule has 0 aromatic carbocycles. The fourth-order valence-corrected chi connectivity index (χ4v) is 2.44. The van der Waals surface area contributed by atoms with Crippen molar-refractivity contribution in [2.45, 2.75) is 4.90 Å². The fourth-order valence-electron chi connectivity index (χ4n) is 1.25. The second-order valence-electron chi connectivity index (χ2n) is 3.36. The van der Waals surface area contributed by atoms with Crippen LogP contribution in [0.2, 0.25) is 5.15 Å². The third kappa shape index (κ3) is 2.51. The first kappa shape index (κ1) is 12.6.